The van der Waals surface area contributed by atoms with E-state index in [1.165, 1.54) is 6.07 Å². The van der Waals surface area contributed by atoms with Crippen molar-refractivity contribution in [1.82, 2.24) is 0 Å². The van der Waals surface area contributed by atoms with Gasteiger partial charge in [-0.1, -0.05) is 19.4 Å². The Labute approximate surface area is 120 Å². The van der Waals surface area contributed by atoms with E-state index in [0.29, 0.717) is 22.3 Å². The highest BCUT2D eigenvalue weighted by molar-refractivity contribution is 14.1. The van der Waals surface area contributed by atoms with Gasteiger partial charge in [-0.05, 0) is 48.1 Å². The van der Waals surface area contributed by atoms with E-state index in [1.54, 1.807) is 19.1 Å². The molecule has 1 unspecified atom stereocenters. The topological polar surface area (TPSA) is 38.3 Å². The Balaban J connectivity index is 2.82. The van der Waals surface area contributed by atoms with E-state index in [4.69, 9.17) is 4.74 Å². The first-order chi connectivity index (χ1) is 8.60. The van der Waals surface area contributed by atoms with Gasteiger partial charge in [-0.15, -0.1) is 0 Å². The van der Waals surface area contributed by atoms with Gasteiger partial charge in [0, 0.05) is 0 Å². The summed E-state index contributed by atoms with van der Waals surface area (Å²) in [6, 6.07) is 4.35. The molecule has 1 rings (SSSR count). The molecule has 0 bridgehead atoms. The van der Waals surface area contributed by atoms with Crippen molar-refractivity contribution in [2.24, 2.45) is 0 Å². The SMILES string of the molecule is CCCC(Nc1cccc(F)c1I)C(=O)OCC. The maximum atomic E-state index is 13.4. The summed E-state index contributed by atoms with van der Waals surface area (Å²) in [5, 5.41) is 3.05. The average molecular weight is 365 g/mol. The summed E-state index contributed by atoms with van der Waals surface area (Å²) in [4.78, 5) is 11.8. The first kappa shape index (κ1) is 15.2. The highest BCUT2D eigenvalue weighted by Gasteiger charge is 2.19. The molecule has 0 radical (unpaired) electrons. The van der Waals surface area contributed by atoms with Crippen LogP contribution in [0.1, 0.15) is 26.7 Å². The monoisotopic (exact) mass is 365 g/mol. The second-order valence-corrected chi connectivity index (χ2v) is 4.92. The number of carbonyl (C=O) groups excluding carboxylic acids is 1. The van der Waals surface area contributed by atoms with Crippen LogP contribution in [0.4, 0.5) is 10.1 Å². The number of carbonyl (C=O) groups is 1. The molecule has 0 spiro atoms. The van der Waals surface area contributed by atoms with Gasteiger partial charge in [-0.25, -0.2) is 9.18 Å². The third-order valence-electron chi connectivity index (χ3n) is 2.43. The van der Waals surface area contributed by atoms with Gasteiger partial charge in [0.2, 0.25) is 0 Å². The van der Waals surface area contributed by atoms with Crippen molar-refractivity contribution in [3.8, 4) is 0 Å². The Kier molecular flexibility index (Phi) is 6.38. The summed E-state index contributed by atoms with van der Waals surface area (Å²) >= 11 is 1.92. The third-order valence-corrected chi connectivity index (χ3v) is 3.53. The number of hydrogen-bond acceptors (Lipinski definition) is 3. The van der Waals surface area contributed by atoms with Crippen LogP contribution in [0.15, 0.2) is 18.2 Å². The van der Waals surface area contributed by atoms with Crippen molar-refractivity contribution >= 4 is 34.2 Å². The second kappa shape index (κ2) is 7.56. The lowest BCUT2D eigenvalue weighted by molar-refractivity contribution is -0.144. The van der Waals surface area contributed by atoms with Gasteiger partial charge in [0.05, 0.1) is 15.9 Å². The zero-order valence-electron chi connectivity index (χ0n) is 10.5. The van der Waals surface area contributed by atoms with Crippen LogP contribution in [0.25, 0.3) is 0 Å². The Hall–Kier alpha value is -0.850. The number of nitrogens with one attached hydrogen (secondary N) is 1. The average Bonchev–Trinajstić information content (AvgIpc) is 2.34. The molecule has 3 nitrogen and oxygen atoms in total. The number of ether oxygens (including phenoxy) is 1. The predicted octanol–water partition coefficient (Wildman–Crippen LogP) is 3.57. The second-order valence-electron chi connectivity index (χ2n) is 3.84. The number of hydrogen-bond donors (Lipinski definition) is 1. The van der Waals surface area contributed by atoms with Crippen LogP contribution >= 0.6 is 22.6 Å². The van der Waals surface area contributed by atoms with E-state index in [1.807, 2.05) is 29.5 Å². The van der Waals surface area contributed by atoms with Crippen LogP contribution in [-0.2, 0) is 9.53 Å². The van der Waals surface area contributed by atoms with E-state index in [9.17, 15) is 9.18 Å². The number of benzene rings is 1. The number of esters is 1. The van der Waals surface area contributed by atoms with E-state index in [0.717, 1.165) is 6.42 Å². The molecule has 0 aliphatic carbocycles. The number of halogens is 2. The van der Waals surface area contributed by atoms with Gasteiger partial charge in [-0.2, -0.15) is 0 Å². The smallest absolute Gasteiger partial charge is 0.328 e. The maximum Gasteiger partial charge on any atom is 0.328 e. The molecule has 0 aromatic heterocycles. The quantitative estimate of drug-likeness (QED) is 0.619. The van der Waals surface area contributed by atoms with Crippen LogP contribution in [0.5, 0.6) is 0 Å². The molecule has 1 aromatic carbocycles. The van der Waals surface area contributed by atoms with Gasteiger partial charge >= 0.3 is 5.97 Å². The molecule has 1 atom stereocenters. The summed E-state index contributed by atoms with van der Waals surface area (Å²) in [5.41, 5.74) is 0.627. The molecule has 100 valence electrons. The fourth-order valence-electron chi connectivity index (χ4n) is 1.58. The van der Waals surface area contributed by atoms with E-state index >= 15 is 0 Å². The van der Waals surface area contributed by atoms with Gasteiger partial charge in [0.25, 0.3) is 0 Å². The summed E-state index contributed by atoms with van der Waals surface area (Å²) in [6.45, 7) is 4.11. The maximum absolute atomic E-state index is 13.4. The summed E-state index contributed by atoms with van der Waals surface area (Å²) in [7, 11) is 0. The standard InChI is InChI=1S/C13H17FINO2/c1-3-6-11(13(17)18-4-2)16-10-8-5-7-9(14)12(10)15/h5,7-8,11,16H,3-4,6H2,1-2H3. The van der Waals surface area contributed by atoms with Crippen molar-refractivity contribution in [1.29, 1.82) is 0 Å². The van der Waals surface area contributed by atoms with Crippen molar-refractivity contribution in [2.75, 3.05) is 11.9 Å². The Morgan fingerprint density at radius 1 is 1.50 bits per heavy atom. The molecule has 0 aliphatic rings. The van der Waals surface area contributed by atoms with Gasteiger partial charge in [0.1, 0.15) is 11.9 Å². The minimum absolute atomic E-state index is 0.292. The largest absolute Gasteiger partial charge is 0.464 e. The summed E-state index contributed by atoms with van der Waals surface area (Å²) in [6.07, 6.45) is 1.51. The minimum Gasteiger partial charge on any atom is -0.464 e. The molecular weight excluding hydrogens is 348 g/mol. The number of rotatable bonds is 6. The molecule has 0 amide bonds. The zero-order valence-corrected chi connectivity index (χ0v) is 12.7. The molecule has 5 heteroatoms. The molecule has 0 saturated carbocycles. The lowest BCUT2D eigenvalue weighted by atomic mass is 10.1. The minimum atomic E-state index is -0.426. The first-order valence-corrected chi connectivity index (χ1v) is 7.05. The lowest BCUT2D eigenvalue weighted by Crippen LogP contribution is -2.31. The Bertz CT molecular complexity index is 412. The molecule has 0 heterocycles. The highest BCUT2D eigenvalue weighted by Crippen LogP contribution is 2.22. The molecule has 0 aliphatic heterocycles. The predicted molar refractivity (Wildman–Crippen MR) is 78.1 cm³/mol. The van der Waals surface area contributed by atoms with E-state index < -0.39 is 6.04 Å². The molecule has 18 heavy (non-hydrogen) atoms. The molecule has 0 fully saturated rings. The van der Waals surface area contributed by atoms with Crippen LogP contribution in [0, 0.1) is 9.39 Å². The van der Waals surface area contributed by atoms with Crippen molar-refractivity contribution in [3.05, 3.63) is 27.6 Å². The fraction of sp³-hybridized carbons (Fsp3) is 0.462. The molecule has 1 N–H and O–H groups in total. The molecular formula is C13H17FINO2. The highest BCUT2D eigenvalue weighted by atomic mass is 127. The zero-order chi connectivity index (χ0) is 13.5. The fourth-order valence-corrected chi connectivity index (χ4v) is 2.10. The molecule has 1 aromatic rings. The van der Waals surface area contributed by atoms with Crippen molar-refractivity contribution in [2.45, 2.75) is 32.7 Å². The van der Waals surface area contributed by atoms with Crippen LogP contribution in [0.2, 0.25) is 0 Å². The van der Waals surface area contributed by atoms with Crippen LogP contribution in [0.3, 0.4) is 0 Å². The van der Waals surface area contributed by atoms with Gasteiger partial charge in [0.15, 0.2) is 0 Å². The van der Waals surface area contributed by atoms with Gasteiger partial charge < -0.3 is 10.1 Å². The van der Waals surface area contributed by atoms with Crippen molar-refractivity contribution < 1.29 is 13.9 Å². The van der Waals surface area contributed by atoms with Crippen LogP contribution in [-0.4, -0.2) is 18.6 Å². The van der Waals surface area contributed by atoms with Gasteiger partial charge in [-0.3, -0.25) is 0 Å². The van der Waals surface area contributed by atoms with E-state index in [-0.39, 0.29) is 11.8 Å². The third kappa shape index (κ3) is 4.12. The number of anilines is 1. The van der Waals surface area contributed by atoms with E-state index in [2.05, 4.69) is 5.32 Å². The molecule has 0 saturated heterocycles. The first-order valence-electron chi connectivity index (χ1n) is 5.97. The van der Waals surface area contributed by atoms with Crippen LogP contribution < -0.4 is 5.32 Å². The lowest BCUT2D eigenvalue weighted by Gasteiger charge is -2.18. The Morgan fingerprint density at radius 2 is 2.22 bits per heavy atom. The summed E-state index contributed by atoms with van der Waals surface area (Å²) < 4.78 is 18.9. The van der Waals surface area contributed by atoms with Crippen molar-refractivity contribution in [3.63, 3.8) is 0 Å². The normalized spacial score (nSPS) is 12.0. The summed E-state index contributed by atoms with van der Waals surface area (Å²) in [5.74, 6) is -0.584. The Morgan fingerprint density at radius 3 is 2.83 bits per heavy atom.